The molecule has 1 saturated carbocycles. The van der Waals surface area contributed by atoms with E-state index in [0.717, 1.165) is 12.1 Å². The Kier molecular flexibility index (Phi) is 5.49. The van der Waals surface area contributed by atoms with Gasteiger partial charge in [0.15, 0.2) is 0 Å². The predicted octanol–water partition coefficient (Wildman–Crippen LogP) is 5.23. The fourth-order valence-electron chi connectivity index (χ4n) is 3.22. The maximum atomic E-state index is 5.88. The predicted molar refractivity (Wildman–Crippen MR) is 88.5 cm³/mol. The zero-order chi connectivity index (χ0) is 14.8. The second kappa shape index (κ2) is 6.76. The molecular formula is C16H27ClN2S. The van der Waals surface area contributed by atoms with E-state index in [9.17, 15) is 0 Å². The van der Waals surface area contributed by atoms with Crippen molar-refractivity contribution in [3.8, 4) is 0 Å². The van der Waals surface area contributed by atoms with E-state index in [1.54, 1.807) is 11.3 Å². The van der Waals surface area contributed by atoms with Crippen molar-refractivity contribution in [1.29, 1.82) is 0 Å². The lowest BCUT2D eigenvalue weighted by Gasteiger charge is -2.41. The summed E-state index contributed by atoms with van der Waals surface area (Å²) in [7, 11) is 2.28. The van der Waals surface area contributed by atoms with Gasteiger partial charge in [-0.2, -0.15) is 0 Å². The normalized spacial score (nSPS) is 21.3. The highest BCUT2D eigenvalue weighted by molar-refractivity contribution is 7.09. The first-order valence-electron chi connectivity index (χ1n) is 7.69. The summed E-state index contributed by atoms with van der Waals surface area (Å²) < 4.78 is 0. The first kappa shape index (κ1) is 16.3. The Balaban J connectivity index is 2.04. The molecule has 0 radical (unpaired) electrons. The molecule has 114 valence electrons. The highest BCUT2D eigenvalue weighted by Crippen LogP contribution is 2.39. The van der Waals surface area contributed by atoms with Crippen LogP contribution in [0.4, 0.5) is 0 Å². The Hall–Kier alpha value is -0.120. The Morgan fingerprint density at radius 2 is 2.10 bits per heavy atom. The third-order valence-corrected chi connectivity index (χ3v) is 6.02. The molecule has 4 heteroatoms. The maximum absolute atomic E-state index is 5.88. The highest BCUT2D eigenvalue weighted by atomic mass is 35.5. The van der Waals surface area contributed by atoms with Gasteiger partial charge in [0.2, 0.25) is 0 Å². The van der Waals surface area contributed by atoms with Crippen molar-refractivity contribution in [2.75, 3.05) is 7.05 Å². The number of hydrogen-bond acceptors (Lipinski definition) is 3. The number of halogens is 1. The van der Waals surface area contributed by atoms with Crippen molar-refractivity contribution in [2.24, 2.45) is 5.41 Å². The van der Waals surface area contributed by atoms with Gasteiger partial charge in [-0.05, 0) is 44.6 Å². The molecule has 1 unspecified atom stereocenters. The molecule has 0 aromatic carbocycles. The summed E-state index contributed by atoms with van der Waals surface area (Å²) in [6.07, 6.45) is 6.42. The largest absolute Gasteiger partial charge is 0.294 e. The van der Waals surface area contributed by atoms with Crippen molar-refractivity contribution >= 4 is 22.9 Å². The zero-order valence-electron chi connectivity index (χ0n) is 13.2. The molecule has 20 heavy (non-hydrogen) atoms. The summed E-state index contributed by atoms with van der Waals surface area (Å²) in [6, 6.07) is 1.15. The van der Waals surface area contributed by atoms with Crippen LogP contribution in [0.15, 0.2) is 5.38 Å². The van der Waals surface area contributed by atoms with E-state index in [0.29, 0.717) is 23.4 Å². The number of nitrogens with zero attached hydrogens (tertiary/aromatic N) is 2. The van der Waals surface area contributed by atoms with Crippen LogP contribution in [0.3, 0.4) is 0 Å². The Morgan fingerprint density at radius 3 is 2.60 bits per heavy atom. The summed E-state index contributed by atoms with van der Waals surface area (Å²) in [5.41, 5.74) is 1.55. The highest BCUT2D eigenvalue weighted by Gasteiger charge is 2.32. The second-order valence-electron chi connectivity index (χ2n) is 6.80. The van der Waals surface area contributed by atoms with E-state index in [1.807, 2.05) is 0 Å². The molecule has 0 amide bonds. The monoisotopic (exact) mass is 314 g/mol. The fourth-order valence-corrected chi connectivity index (χ4v) is 4.50. The van der Waals surface area contributed by atoms with E-state index < -0.39 is 0 Å². The molecule has 1 atom stereocenters. The van der Waals surface area contributed by atoms with Crippen LogP contribution in [-0.2, 0) is 5.88 Å². The van der Waals surface area contributed by atoms with Crippen molar-refractivity contribution in [1.82, 2.24) is 9.88 Å². The fraction of sp³-hybridized carbons (Fsp3) is 0.812. The van der Waals surface area contributed by atoms with Gasteiger partial charge in [0.25, 0.3) is 0 Å². The number of thiazole rings is 1. The molecule has 0 saturated heterocycles. The molecule has 0 aliphatic heterocycles. The first-order chi connectivity index (χ1) is 9.46. The molecule has 1 aromatic rings. The van der Waals surface area contributed by atoms with Gasteiger partial charge in [-0.1, -0.05) is 20.8 Å². The smallest absolute Gasteiger partial charge is 0.110 e. The summed E-state index contributed by atoms with van der Waals surface area (Å²) >= 11 is 7.64. The van der Waals surface area contributed by atoms with E-state index in [-0.39, 0.29) is 0 Å². The van der Waals surface area contributed by atoms with Gasteiger partial charge in [0.1, 0.15) is 5.01 Å². The van der Waals surface area contributed by atoms with Crippen LogP contribution in [0.5, 0.6) is 0 Å². The summed E-state index contributed by atoms with van der Waals surface area (Å²) in [5.74, 6) is 0.522. The maximum Gasteiger partial charge on any atom is 0.110 e. The minimum Gasteiger partial charge on any atom is -0.294 e. The molecule has 1 aromatic heterocycles. The quantitative estimate of drug-likeness (QED) is 0.691. The van der Waals surface area contributed by atoms with Crippen LogP contribution >= 0.6 is 22.9 Å². The van der Waals surface area contributed by atoms with Crippen LogP contribution in [0.2, 0.25) is 0 Å². The first-order valence-corrected chi connectivity index (χ1v) is 9.10. The minimum absolute atomic E-state index is 0.447. The van der Waals surface area contributed by atoms with Crippen LogP contribution in [-0.4, -0.2) is 23.0 Å². The van der Waals surface area contributed by atoms with E-state index >= 15 is 0 Å². The average Bonchev–Trinajstić information content (AvgIpc) is 2.88. The van der Waals surface area contributed by atoms with Crippen molar-refractivity contribution < 1.29 is 0 Å². The van der Waals surface area contributed by atoms with Gasteiger partial charge >= 0.3 is 0 Å². The summed E-state index contributed by atoms with van der Waals surface area (Å²) in [5, 5.41) is 3.33. The van der Waals surface area contributed by atoms with Crippen molar-refractivity contribution in [3.05, 3.63) is 16.1 Å². The SMILES string of the molecule is CCC(c1nc(CCl)cs1)N(C)C1CCC(C)(C)CC1. The average molecular weight is 315 g/mol. The molecule has 1 aliphatic carbocycles. The van der Waals surface area contributed by atoms with Gasteiger partial charge in [-0.15, -0.1) is 22.9 Å². The van der Waals surface area contributed by atoms with Crippen molar-refractivity contribution in [2.45, 2.75) is 70.8 Å². The standard InChI is InChI=1S/C16H27ClN2S/c1-5-14(15-18-12(10-17)11-20-15)19(4)13-6-8-16(2,3)9-7-13/h11,13-14H,5-10H2,1-4H3. The van der Waals surface area contributed by atoms with E-state index in [1.165, 1.54) is 30.7 Å². The van der Waals surface area contributed by atoms with E-state index in [4.69, 9.17) is 11.6 Å². The lowest BCUT2D eigenvalue weighted by Crippen LogP contribution is -2.39. The molecule has 2 nitrogen and oxygen atoms in total. The number of hydrogen-bond donors (Lipinski definition) is 0. The molecule has 0 N–H and O–H groups in total. The van der Waals surface area contributed by atoms with Crippen LogP contribution in [0, 0.1) is 5.41 Å². The molecule has 1 heterocycles. The number of aromatic nitrogens is 1. The zero-order valence-corrected chi connectivity index (χ0v) is 14.7. The summed E-state index contributed by atoms with van der Waals surface area (Å²) in [4.78, 5) is 7.25. The molecular weight excluding hydrogens is 288 g/mol. The molecule has 1 fully saturated rings. The molecule has 1 aliphatic rings. The van der Waals surface area contributed by atoms with Crippen molar-refractivity contribution in [3.63, 3.8) is 0 Å². The van der Waals surface area contributed by atoms with Gasteiger partial charge in [0, 0.05) is 11.4 Å². The Labute approximate surface area is 132 Å². The molecule has 2 rings (SSSR count). The Morgan fingerprint density at radius 1 is 1.45 bits per heavy atom. The third-order valence-electron chi connectivity index (χ3n) is 4.75. The number of rotatable bonds is 5. The molecule has 0 bridgehead atoms. The summed E-state index contributed by atoms with van der Waals surface area (Å²) in [6.45, 7) is 7.05. The van der Waals surface area contributed by atoms with Gasteiger partial charge in [-0.25, -0.2) is 4.98 Å². The van der Waals surface area contributed by atoms with Gasteiger partial charge in [0.05, 0.1) is 17.6 Å². The Bertz CT molecular complexity index is 420. The lowest BCUT2D eigenvalue weighted by molar-refractivity contribution is 0.0921. The minimum atomic E-state index is 0.447. The van der Waals surface area contributed by atoms with Gasteiger partial charge in [-0.3, -0.25) is 4.90 Å². The van der Waals surface area contributed by atoms with Crippen LogP contribution in [0.25, 0.3) is 0 Å². The number of alkyl halides is 1. The third kappa shape index (κ3) is 3.75. The second-order valence-corrected chi connectivity index (χ2v) is 7.95. The van der Waals surface area contributed by atoms with Crippen LogP contribution in [0.1, 0.15) is 69.6 Å². The van der Waals surface area contributed by atoms with Crippen LogP contribution < -0.4 is 0 Å². The van der Waals surface area contributed by atoms with Gasteiger partial charge < -0.3 is 0 Å². The molecule has 0 spiro atoms. The topological polar surface area (TPSA) is 16.1 Å². The lowest BCUT2D eigenvalue weighted by atomic mass is 9.75. The van der Waals surface area contributed by atoms with E-state index in [2.05, 4.69) is 43.1 Å².